The molecule has 0 aromatic heterocycles. The van der Waals surface area contributed by atoms with Gasteiger partial charge in [0.25, 0.3) is 10.0 Å². The van der Waals surface area contributed by atoms with Crippen molar-refractivity contribution in [3.8, 4) is 16.9 Å². The summed E-state index contributed by atoms with van der Waals surface area (Å²) >= 11 is 0. The van der Waals surface area contributed by atoms with Gasteiger partial charge >= 0.3 is 6.18 Å². The number of ether oxygens (including phenoxy) is 1. The summed E-state index contributed by atoms with van der Waals surface area (Å²) in [5, 5.41) is 0. The summed E-state index contributed by atoms with van der Waals surface area (Å²) in [5.41, 5.74) is -0.320. The number of alkyl halides is 3. The van der Waals surface area contributed by atoms with Crippen LogP contribution in [0.4, 0.5) is 27.6 Å². The summed E-state index contributed by atoms with van der Waals surface area (Å²) < 4.78 is 100.0. The van der Waals surface area contributed by atoms with E-state index < -0.39 is 38.3 Å². The fourth-order valence-electron chi connectivity index (χ4n) is 3.52. The van der Waals surface area contributed by atoms with Gasteiger partial charge in [-0.3, -0.25) is 4.31 Å². The van der Waals surface area contributed by atoms with Crippen molar-refractivity contribution in [3.63, 3.8) is 0 Å². The second-order valence-electron chi connectivity index (χ2n) is 7.19. The van der Waals surface area contributed by atoms with Crippen LogP contribution in [-0.4, -0.2) is 21.6 Å². The maximum absolute atomic E-state index is 14.0. The molecule has 3 aromatic carbocycles. The van der Waals surface area contributed by atoms with Gasteiger partial charge in [-0.2, -0.15) is 13.2 Å². The maximum atomic E-state index is 14.0. The Hall–Kier alpha value is -3.14. The summed E-state index contributed by atoms with van der Waals surface area (Å²) in [6, 6.07) is 9.69. The van der Waals surface area contributed by atoms with Crippen molar-refractivity contribution in [2.24, 2.45) is 0 Å². The third kappa shape index (κ3) is 3.90. The van der Waals surface area contributed by atoms with Gasteiger partial charge in [-0.1, -0.05) is 12.1 Å². The van der Waals surface area contributed by atoms with Crippen molar-refractivity contribution in [3.05, 3.63) is 77.4 Å². The van der Waals surface area contributed by atoms with Crippen LogP contribution in [0.1, 0.15) is 11.1 Å². The topological polar surface area (TPSA) is 46.6 Å². The first-order valence-corrected chi connectivity index (χ1v) is 10.9. The number of sulfonamides is 1. The van der Waals surface area contributed by atoms with Gasteiger partial charge in [0.05, 0.1) is 22.7 Å². The van der Waals surface area contributed by atoms with Crippen LogP contribution in [0, 0.1) is 18.6 Å². The first-order chi connectivity index (χ1) is 15.0. The number of fused-ring (bicyclic) bond motifs is 1. The Bertz CT molecular complexity index is 1310. The number of hydrogen-bond donors (Lipinski definition) is 0. The highest BCUT2D eigenvalue weighted by Gasteiger charge is 2.35. The van der Waals surface area contributed by atoms with Crippen LogP contribution < -0.4 is 9.04 Å². The second-order valence-corrected chi connectivity index (χ2v) is 9.06. The molecule has 0 N–H and O–H groups in total. The molecule has 1 heterocycles. The average molecular weight is 469 g/mol. The lowest BCUT2D eigenvalue weighted by Crippen LogP contribution is -2.38. The molecule has 1 aliphatic rings. The highest BCUT2D eigenvalue weighted by atomic mass is 32.2. The van der Waals surface area contributed by atoms with Crippen molar-refractivity contribution in [2.75, 3.05) is 17.5 Å². The Balaban J connectivity index is 1.83. The monoisotopic (exact) mass is 469 g/mol. The minimum atomic E-state index is -4.71. The zero-order valence-corrected chi connectivity index (χ0v) is 17.4. The lowest BCUT2D eigenvalue weighted by atomic mass is 9.99. The highest BCUT2D eigenvalue weighted by Crippen LogP contribution is 2.40. The molecule has 1 aliphatic heterocycles. The molecular weight excluding hydrogens is 453 g/mol. The summed E-state index contributed by atoms with van der Waals surface area (Å²) in [6.45, 7) is 1.29. The zero-order valence-electron chi connectivity index (χ0n) is 16.6. The van der Waals surface area contributed by atoms with Crippen LogP contribution in [-0.2, 0) is 16.2 Å². The van der Waals surface area contributed by atoms with Crippen LogP contribution in [0.2, 0.25) is 0 Å². The Morgan fingerprint density at radius 3 is 2.47 bits per heavy atom. The number of hydrogen-bond acceptors (Lipinski definition) is 3. The van der Waals surface area contributed by atoms with Gasteiger partial charge in [-0.15, -0.1) is 0 Å². The first kappa shape index (κ1) is 22.1. The largest absolute Gasteiger partial charge is 0.489 e. The van der Waals surface area contributed by atoms with E-state index in [0.717, 1.165) is 34.6 Å². The Kier molecular flexibility index (Phi) is 5.36. The van der Waals surface area contributed by atoms with Gasteiger partial charge in [0.2, 0.25) is 0 Å². The highest BCUT2D eigenvalue weighted by molar-refractivity contribution is 7.92. The van der Waals surface area contributed by atoms with Crippen molar-refractivity contribution >= 4 is 15.7 Å². The van der Waals surface area contributed by atoms with Crippen LogP contribution in [0.5, 0.6) is 5.75 Å². The molecule has 3 aromatic rings. The fraction of sp³-hybridized carbons (Fsp3) is 0.182. The summed E-state index contributed by atoms with van der Waals surface area (Å²) in [6.07, 6.45) is -4.71. The van der Waals surface area contributed by atoms with Crippen molar-refractivity contribution < 1.29 is 35.1 Å². The molecule has 0 spiro atoms. The van der Waals surface area contributed by atoms with Crippen molar-refractivity contribution in [2.45, 2.75) is 18.0 Å². The number of nitrogens with zero attached hydrogens (tertiary/aromatic N) is 1. The van der Waals surface area contributed by atoms with E-state index in [0.29, 0.717) is 11.6 Å². The van der Waals surface area contributed by atoms with Gasteiger partial charge in [0.1, 0.15) is 24.0 Å². The van der Waals surface area contributed by atoms with E-state index in [-0.39, 0.29) is 35.7 Å². The number of anilines is 1. The molecule has 168 valence electrons. The quantitative estimate of drug-likeness (QED) is 0.473. The van der Waals surface area contributed by atoms with Gasteiger partial charge in [0.15, 0.2) is 0 Å². The molecule has 0 saturated carbocycles. The normalized spacial score (nSPS) is 14.1. The van der Waals surface area contributed by atoms with Crippen LogP contribution in [0.3, 0.4) is 0 Å². The average Bonchev–Trinajstić information content (AvgIpc) is 2.75. The van der Waals surface area contributed by atoms with Gasteiger partial charge in [-0.05, 0) is 60.0 Å². The van der Waals surface area contributed by atoms with E-state index in [1.54, 1.807) is 0 Å². The van der Waals surface area contributed by atoms with Crippen LogP contribution >= 0.6 is 0 Å². The van der Waals surface area contributed by atoms with Gasteiger partial charge in [0, 0.05) is 6.07 Å². The standard InChI is InChI=1S/C22H16F5NO3S/c1-13-18(11-16(23)12-19(13)24)14-5-6-21-20(9-14)28(7-8-31-21)32(29,30)17-4-2-3-15(10-17)22(25,26)27/h2-6,9-12H,7-8H2,1H3. The molecule has 0 aliphatic carbocycles. The van der Waals surface area contributed by atoms with E-state index in [4.69, 9.17) is 4.74 Å². The summed E-state index contributed by atoms with van der Waals surface area (Å²) in [5.74, 6) is -1.38. The molecule has 0 amide bonds. The van der Waals surface area contributed by atoms with E-state index in [2.05, 4.69) is 0 Å². The minimum Gasteiger partial charge on any atom is -0.489 e. The fourth-order valence-corrected chi connectivity index (χ4v) is 5.01. The first-order valence-electron chi connectivity index (χ1n) is 9.41. The van der Waals surface area contributed by atoms with Crippen molar-refractivity contribution in [1.82, 2.24) is 0 Å². The SMILES string of the molecule is Cc1c(F)cc(F)cc1-c1ccc2c(c1)N(S(=O)(=O)c1cccc(C(F)(F)F)c1)CCO2. The zero-order chi connectivity index (χ0) is 23.3. The number of halogens is 5. The van der Waals surface area contributed by atoms with Crippen molar-refractivity contribution in [1.29, 1.82) is 0 Å². The number of benzene rings is 3. The minimum absolute atomic E-state index is 0.0157. The van der Waals surface area contributed by atoms with E-state index in [9.17, 15) is 30.4 Å². The lowest BCUT2D eigenvalue weighted by Gasteiger charge is -2.31. The van der Waals surface area contributed by atoms with Crippen LogP contribution in [0.15, 0.2) is 59.5 Å². The van der Waals surface area contributed by atoms with E-state index >= 15 is 0 Å². The molecule has 10 heteroatoms. The van der Waals surface area contributed by atoms with Gasteiger partial charge < -0.3 is 4.74 Å². The van der Waals surface area contributed by atoms with Crippen LogP contribution in [0.25, 0.3) is 11.1 Å². The molecule has 32 heavy (non-hydrogen) atoms. The molecule has 0 fully saturated rings. The van der Waals surface area contributed by atoms with E-state index in [1.165, 1.54) is 25.1 Å². The summed E-state index contributed by atoms with van der Waals surface area (Å²) in [7, 11) is -4.38. The third-order valence-electron chi connectivity index (χ3n) is 5.15. The Labute approximate surface area is 180 Å². The third-order valence-corrected chi connectivity index (χ3v) is 6.96. The predicted octanol–water partition coefficient (Wildman–Crippen LogP) is 5.55. The Morgan fingerprint density at radius 1 is 1.00 bits per heavy atom. The molecule has 0 atom stereocenters. The molecular formula is C22H16F5NO3S. The molecule has 0 unspecified atom stereocenters. The van der Waals surface area contributed by atoms with Gasteiger partial charge in [-0.25, -0.2) is 17.2 Å². The molecule has 0 radical (unpaired) electrons. The van der Waals surface area contributed by atoms with E-state index in [1.807, 2.05) is 0 Å². The molecule has 4 nitrogen and oxygen atoms in total. The smallest absolute Gasteiger partial charge is 0.416 e. The number of rotatable bonds is 3. The summed E-state index contributed by atoms with van der Waals surface area (Å²) in [4.78, 5) is -0.529. The molecule has 0 bridgehead atoms. The maximum Gasteiger partial charge on any atom is 0.416 e. The molecule has 0 saturated heterocycles. The predicted molar refractivity (Wildman–Crippen MR) is 108 cm³/mol. The molecule has 4 rings (SSSR count). The second kappa shape index (κ2) is 7.77. The lowest BCUT2D eigenvalue weighted by molar-refractivity contribution is -0.137. The Morgan fingerprint density at radius 2 is 1.75 bits per heavy atom.